The molecule has 1 aromatic heterocycles. The van der Waals surface area contributed by atoms with Gasteiger partial charge in [0.15, 0.2) is 5.69 Å². The van der Waals surface area contributed by atoms with Crippen molar-refractivity contribution in [3.8, 4) is 0 Å². The van der Waals surface area contributed by atoms with E-state index in [0.29, 0.717) is 19.6 Å². The number of hydrogen-bond donors (Lipinski definition) is 1. The topological polar surface area (TPSA) is 109 Å². The van der Waals surface area contributed by atoms with Crippen LogP contribution in [0.1, 0.15) is 29.9 Å². The summed E-state index contributed by atoms with van der Waals surface area (Å²) >= 11 is 0. The van der Waals surface area contributed by atoms with Crippen molar-refractivity contribution in [1.82, 2.24) is 24.8 Å². The van der Waals surface area contributed by atoms with Gasteiger partial charge in [0.2, 0.25) is 11.8 Å². The summed E-state index contributed by atoms with van der Waals surface area (Å²) in [7, 11) is 0. The van der Waals surface area contributed by atoms with E-state index in [9.17, 15) is 14.4 Å². The van der Waals surface area contributed by atoms with E-state index in [4.69, 9.17) is 5.11 Å². The SMILES string of the molecule is CCN1C(=O)CC(N2CC(n3cc(C(=O)O)nn3)C2)C1=O. The minimum atomic E-state index is -1.12. The molecule has 1 aromatic rings. The summed E-state index contributed by atoms with van der Waals surface area (Å²) in [6.45, 7) is 3.30. The maximum Gasteiger partial charge on any atom is 0.358 e. The first kappa shape index (κ1) is 13.7. The first-order valence-corrected chi connectivity index (χ1v) is 6.74. The van der Waals surface area contributed by atoms with E-state index in [-0.39, 0.29) is 30.0 Å². The molecule has 1 atom stereocenters. The van der Waals surface area contributed by atoms with Crippen molar-refractivity contribution in [1.29, 1.82) is 0 Å². The van der Waals surface area contributed by atoms with Gasteiger partial charge in [0.1, 0.15) is 0 Å². The first-order chi connectivity index (χ1) is 10.0. The molecule has 0 aliphatic carbocycles. The Labute approximate surface area is 120 Å². The number of amides is 2. The second kappa shape index (κ2) is 4.92. The maximum absolute atomic E-state index is 12.1. The average Bonchev–Trinajstić information content (AvgIpc) is 2.95. The molecular formula is C12H15N5O4. The lowest BCUT2D eigenvalue weighted by molar-refractivity contribution is -0.140. The van der Waals surface area contributed by atoms with Crippen LogP contribution < -0.4 is 0 Å². The third-order valence-corrected chi connectivity index (χ3v) is 3.97. The molecule has 112 valence electrons. The van der Waals surface area contributed by atoms with Crippen molar-refractivity contribution in [2.75, 3.05) is 19.6 Å². The van der Waals surface area contributed by atoms with Gasteiger partial charge in [-0.05, 0) is 6.92 Å². The van der Waals surface area contributed by atoms with Gasteiger partial charge in [-0.15, -0.1) is 5.10 Å². The number of imide groups is 1. The second-order valence-electron chi connectivity index (χ2n) is 5.19. The molecule has 9 nitrogen and oxygen atoms in total. The van der Waals surface area contributed by atoms with Gasteiger partial charge in [-0.2, -0.15) is 0 Å². The highest BCUT2D eigenvalue weighted by atomic mass is 16.4. The minimum Gasteiger partial charge on any atom is -0.476 e. The van der Waals surface area contributed by atoms with E-state index in [0.717, 1.165) is 0 Å². The highest BCUT2D eigenvalue weighted by Gasteiger charge is 2.45. The molecule has 0 spiro atoms. The van der Waals surface area contributed by atoms with Crippen LogP contribution in [0.5, 0.6) is 0 Å². The standard InChI is InChI=1S/C12H15N5O4/c1-2-16-10(18)3-9(11(16)19)15-4-7(5-15)17-6-8(12(20)21)13-14-17/h6-7,9H,2-5H2,1H3,(H,20,21). The van der Waals surface area contributed by atoms with Crippen molar-refractivity contribution < 1.29 is 19.5 Å². The van der Waals surface area contributed by atoms with Crippen LogP contribution >= 0.6 is 0 Å². The lowest BCUT2D eigenvalue weighted by Gasteiger charge is -2.41. The summed E-state index contributed by atoms with van der Waals surface area (Å²) < 4.78 is 1.50. The van der Waals surface area contributed by atoms with Crippen molar-refractivity contribution in [2.24, 2.45) is 0 Å². The molecule has 21 heavy (non-hydrogen) atoms. The van der Waals surface area contributed by atoms with Crippen molar-refractivity contribution in [3.63, 3.8) is 0 Å². The molecule has 1 unspecified atom stereocenters. The van der Waals surface area contributed by atoms with Crippen LogP contribution in [-0.2, 0) is 9.59 Å². The number of nitrogens with zero attached hydrogens (tertiary/aromatic N) is 5. The molecule has 2 amide bonds. The second-order valence-corrected chi connectivity index (χ2v) is 5.19. The Morgan fingerprint density at radius 3 is 2.67 bits per heavy atom. The Balaban J connectivity index is 1.62. The van der Waals surface area contributed by atoms with Gasteiger partial charge < -0.3 is 5.11 Å². The molecule has 0 bridgehead atoms. The van der Waals surface area contributed by atoms with Gasteiger partial charge in [-0.3, -0.25) is 19.4 Å². The number of carboxylic acids is 1. The molecule has 0 saturated carbocycles. The Kier molecular flexibility index (Phi) is 3.20. The zero-order valence-corrected chi connectivity index (χ0v) is 11.5. The third-order valence-electron chi connectivity index (χ3n) is 3.97. The average molecular weight is 293 g/mol. The number of carboxylic acid groups (broad SMARTS) is 1. The van der Waals surface area contributed by atoms with E-state index >= 15 is 0 Å². The monoisotopic (exact) mass is 293 g/mol. The van der Waals surface area contributed by atoms with Crippen LogP contribution in [0.4, 0.5) is 0 Å². The summed E-state index contributed by atoms with van der Waals surface area (Å²) in [6, 6.07) is -0.402. The third kappa shape index (κ3) is 2.19. The van der Waals surface area contributed by atoms with Crippen LogP contribution in [0.2, 0.25) is 0 Å². The predicted molar refractivity (Wildman–Crippen MR) is 68.4 cm³/mol. The van der Waals surface area contributed by atoms with Crippen LogP contribution in [0.15, 0.2) is 6.20 Å². The van der Waals surface area contributed by atoms with Gasteiger partial charge >= 0.3 is 5.97 Å². The summed E-state index contributed by atoms with van der Waals surface area (Å²) in [5.41, 5.74) is -0.0993. The van der Waals surface area contributed by atoms with Gasteiger partial charge in [-0.1, -0.05) is 5.21 Å². The molecular weight excluding hydrogens is 278 g/mol. The summed E-state index contributed by atoms with van der Waals surface area (Å²) in [5.74, 6) is -1.40. The number of aromatic carboxylic acids is 1. The largest absolute Gasteiger partial charge is 0.476 e. The zero-order chi connectivity index (χ0) is 15.1. The Hall–Kier alpha value is -2.29. The Morgan fingerprint density at radius 1 is 1.43 bits per heavy atom. The molecule has 3 heterocycles. The molecule has 1 N–H and O–H groups in total. The molecule has 0 aromatic carbocycles. The number of aromatic nitrogens is 3. The minimum absolute atomic E-state index is 0.0100. The molecule has 2 fully saturated rings. The highest BCUT2D eigenvalue weighted by Crippen LogP contribution is 2.28. The number of carbonyl (C=O) groups excluding carboxylic acids is 2. The summed E-state index contributed by atoms with van der Waals surface area (Å²) in [4.78, 5) is 37.7. The lowest BCUT2D eigenvalue weighted by Crippen LogP contribution is -2.55. The predicted octanol–water partition coefficient (Wildman–Crippen LogP) is -1.02. The fourth-order valence-electron chi connectivity index (χ4n) is 2.75. The lowest BCUT2D eigenvalue weighted by atomic mass is 10.0. The van der Waals surface area contributed by atoms with Crippen molar-refractivity contribution in [3.05, 3.63) is 11.9 Å². The Bertz CT molecular complexity index is 607. The van der Waals surface area contributed by atoms with E-state index in [1.165, 1.54) is 15.8 Å². The number of hydrogen-bond acceptors (Lipinski definition) is 6. The number of rotatable bonds is 4. The number of likely N-dealkylation sites (tertiary alicyclic amines) is 2. The van der Waals surface area contributed by atoms with Gasteiger partial charge in [-0.25, -0.2) is 9.48 Å². The van der Waals surface area contributed by atoms with Crippen molar-refractivity contribution in [2.45, 2.75) is 25.4 Å². The normalized spacial score (nSPS) is 23.7. The van der Waals surface area contributed by atoms with E-state index in [1.807, 2.05) is 4.90 Å². The fourth-order valence-corrected chi connectivity index (χ4v) is 2.75. The molecule has 0 radical (unpaired) electrons. The molecule has 2 saturated heterocycles. The molecule has 2 aliphatic heterocycles. The van der Waals surface area contributed by atoms with Crippen LogP contribution in [0, 0.1) is 0 Å². The smallest absolute Gasteiger partial charge is 0.358 e. The van der Waals surface area contributed by atoms with Crippen molar-refractivity contribution >= 4 is 17.8 Å². The summed E-state index contributed by atoms with van der Waals surface area (Å²) in [6.07, 6.45) is 1.60. The molecule has 3 rings (SSSR count). The molecule has 2 aliphatic rings. The van der Waals surface area contributed by atoms with Crippen LogP contribution in [-0.4, -0.2) is 73.4 Å². The van der Waals surface area contributed by atoms with Gasteiger partial charge in [0, 0.05) is 19.6 Å². The molecule has 9 heteroatoms. The summed E-state index contributed by atoms with van der Waals surface area (Å²) in [5, 5.41) is 16.1. The fraction of sp³-hybridized carbons (Fsp3) is 0.583. The van der Waals surface area contributed by atoms with Gasteiger partial charge in [0.25, 0.3) is 0 Å². The highest BCUT2D eigenvalue weighted by molar-refractivity contribution is 6.05. The number of likely N-dealkylation sites (N-methyl/N-ethyl adjacent to an activating group) is 1. The Morgan fingerprint density at radius 2 is 2.14 bits per heavy atom. The first-order valence-electron chi connectivity index (χ1n) is 6.74. The van der Waals surface area contributed by atoms with Crippen LogP contribution in [0.3, 0.4) is 0 Å². The number of carbonyl (C=O) groups is 3. The zero-order valence-electron chi connectivity index (χ0n) is 11.5. The van der Waals surface area contributed by atoms with Gasteiger partial charge in [0.05, 0.1) is 24.7 Å². The quantitative estimate of drug-likeness (QED) is 0.708. The maximum atomic E-state index is 12.1. The van der Waals surface area contributed by atoms with E-state index in [2.05, 4.69) is 10.3 Å². The van der Waals surface area contributed by atoms with E-state index in [1.54, 1.807) is 6.92 Å². The van der Waals surface area contributed by atoms with Crippen LogP contribution in [0.25, 0.3) is 0 Å². The van der Waals surface area contributed by atoms with E-state index < -0.39 is 12.0 Å².